The number of hydrogen-bond donors (Lipinski definition) is 1. The summed E-state index contributed by atoms with van der Waals surface area (Å²) in [5.74, 6) is 2.60. The molecule has 1 N–H and O–H groups in total. The molecule has 0 spiro atoms. The van der Waals surface area contributed by atoms with E-state index in [-0.39, 0.29) is 23.4 Å². The molecule has 0 radical (unpaired) electrons. The zero-order chi connectivity index (χ0) is 17.8. The quantitative estimate of drug-likeness (QED) is 0.442. The van der Waals surface area contributed by atoms with Gasteiger partial charge in [0, 0.05) is 18.5 Å². The minimum atomic E-state index is -0.459. The van der Waals surface area contributed by atoms with Crippen molar-refractivity contribution in [1.29, 1.82) is 0 Å². The first-order chi connectivity index (χ1) is 12.0. The van der Waals surface area contributed by atoms with Gasteiger partial charge in [-0.05, 0) is 56.4 Å². The van der Waals surface area contributed by atoms with Crippen molar-refractivity contribution in [3.63, 3.8) is 0 Å². The monoisotopic (exact) mass is 346 g/mol. The average Bonchev–Trinajstić information content (AvgIpc) is 3.22. The number of ether oxygens (including phenoxy) is 1. The minimum absolute atomic E-state index is 0.0430. The van der Waals surface area contributed by atoms with Gasteiger partial charge >= 0.3 is 5.69 Å². The number of rotatable bonds is 8. The molecule has 4 unspecified atom stereocenters. The van der Waals surface area contributed by atoms with Gasteiger partial charge in [-0.15, -0.1) is 0 Å². The second-order valence-electron chi connectivity index (χ2n) is 7.37. The Balaban J connectivity index is 1.38. The van der Waals surface area contributed by atoms with Crippen molar-refractivity contribution in [3.05, 3.63) is 34.4 Å². The molecule has 1 aromatic carbocycles. The van der Waals surface area contributed by atoms with Gasteiger partial charge in [0.1, 0.15) is 0 Å². The summed E-state index contributed by atoms with van der Waals surface area (Å²) in [6.07, 6.45) is 6.21. The molecule has 4 atom stereocenters. The number of nitrogens with one attached hydrogen (secondary N) is 1. The summed E-state index contributed by atoms with van der Waals surface area (Å²) in [6, 6.07) is 6.54. The summed E-state index contributed by atoms with van der Waals surface area (Å²) >= 11 is 0. The van der Waals surface area contributed by atoms with Crippen molar-refractivity contribution < 1.29 is 14.5 Å². The predicted octanol–water partition coefficient (Wildman–Crippen LogP) is 3.69. The van der Waals surface area contributed by atoms with Crippen LogP contribution >= 0.6 is 0 Å². The first kappa shape index (κ1) is 17.7. The molecule has 2 aliphatic rings. The van der Waals surface area contributed by atoms with Crippen molar-refractivity contribution in [1.82, 2.24) is 5.32 Å². The molecule has 2 aliphatic carbocycles. The average molecular weight is 346 g/mol. The smallest absolute Gasteiger partial charge is 0.310 e. The number of para-hydroxylation sites is 2. The van der Waals surface area contributed by atoms with Crippen LogP contribution in [-0.2, 0) is 4.79 Å². The highest BCUT2D eigenvalue weighted by Gasteiger charge is 2.42. The van der Waals surface area contributed by atoms with Crippen molar-refractivity contribution in [2.24, 2.45) is 17.8 Å². The fourth-order valence-corrected chi connectivity index (χ4v) is 4.48. The Bertz CT molecular complexity index is 634. The molecule has 0 saturated heterocycles. The number of carbonyl (C=O) groups is 1. The zero-order valence-corrected chi connectivity index (χ0v) is 14.6. The third kappa shape index (κ3) is 4.30. The summed E-state index contributed by atoms with van der Waals surface area (Å²) in [7, 11) is 0. The van der Waals surface area contributed by atoms with E-state index in [0.29, 0.717) is 25.4 Å². The number of benzene rings is 1. The highest BCUT2D eigenvalue weighted by molar-refractivity contribution is 5.76. The molecule has 0 heterocycles. The summed E-state index contributed by atoms with van der Waals surface area (Å²) < 4.78 is 5.47. The van der Waals surface area contributed by atoms with E-state index in [0.717, 1.165) is 11.8 Å². The molecule has 136 valence electrons. The normalized spacial score (nSPS) is 25.6. The molecular formula is C19H26N2O4. The van der Waals surface area contributed by atoms with E-state index >= 15 is 0 Å². The third-order valence-corrected chi connectivity index (χ3v) is 5.69. The van der Waals surface area contributed by atoms with Crippen molar-refractivity contribution >= 4 is 11.6 Å². The molecule has 0 aromatic heterocycles. The standard InChI is InChI=1S/C19H26N2O4/c1-13(16-12-14-8-9-15(16)11-14)20-19(22)7-4-10-25-18-6-3-2-5-17(18)21(23)24/h2-3,5-6,13-16H,4,7-12H2,1H3,(H,20,22). The number of amides is 1. The van der Waals surface area contributed by atoms with Gasteiger partial charge in [-0.3, -0.25) is 14.9 Å². The first-order valence-electron chi connectivity index (χ1n) is 9.20. The lowest BCUT2D eigenvalue weighted by Crippen LogP contribution is -2.40. The highest BCUT2D eigenvalue weighted by atomic mass is 16.6. The summed E-state index contributed by atoms with van der Waals surface area (Å²) in [5, 5.41) is 14.1. The Hall–Kier alpha value is -2.11. The van der Waals surface area contributed by atoms with E-state index in [1.54, 1.807) is 18.2 Å². The molecule has 2 fully saturated rings. The maximum atomic E-state index is 12.1. The lowest BCUT2D eigenvalue weighted by Gasteiger charge is -2.28. The summed E-state index contributed by atoms with van der Waals surface area (Å²) in [6.45, 7) is 2.41. The van der Waals surface area contributed by atoms with Crippen LogP contribution in [0.2, 0.25) is 0 Å². The molecule has 6 heteroatoms. The summed E-state index contributed by atoms with van der Waals surface area (Å²) in [4.78, 5) is 22.6. The molecule has 6 nitrogen and oxygen atoms in total. The molecule has 0 aliphatic heterocycles. The van der Waals surface area contributed by atoms with Gasteiger partial charge in [0.05, 0.1) is 11.5 Å². The summed E-state index contributed by atoms with van der Waals surface area (Å²) in [5.41, 5.74) is -0.0446. The van der Waals surface area contributed by atoms with Gasteiger partial charge in [-0.25, -0.2) is 0 Å². The van der Waals surface area contributed by atoms with Gasteiger partial charge in [-0.1, -0.05) is 18.6 Å². The molecule has 1 aromatic rings. The third-order valence-electron chi connectivity index (χ3n) is 5.69. The van der Waals surface area contributed by atoms with Crippen LogP contribution in [0.15, 0.2) is 24.3 Å². The number of carbonyl (C=O) groups excluding carboxylic acids is 1. The second-order valence-corrected chi connectivity index (χ2v) is 7.37. The van der Waals surface area contributed by atoms with Gasteiger partial charge in [0.25, 0.3) is 0 Å². The minimum Gasteiger partial charge on any atom is -0.487 e. The number of nitrogens with zero attached hydrogens (tertiary/aromatic N) is 1. The van der Waals surface area contributed by atoms with Gasteiger partial charge in [0.2, 0.25) is 5.91 Å². The lowest BCUT2D eigenvalue weighted by molar-refractivity contribution is -0.385. The molecule has 1 amide bonds. The van der Waals surface area contributed by atoms with Crippen molar-refractivity contribution in [3.8, 4) is 5.75 Å². The van der Waals surface area contributed by atoms with E-state index < -0.39 is 4.92 Å². The van der Waals surface area contributed by atoms with Crippen molar-refractivity contribution in [2.75, 3.05) is 6.61 Å². The number of nitro groups is 1. The van der Waals surface area contributed by atoms with E-state index in [2.05, 4.69) is 12.2 Å². The zero-order valence-electron chi connectivity index (χ0n) is 14.6. The van der Waals surface area contributed by atoms with E-state index in [9.17, 15) is 14.9 Å². The Kier molecular flexibility index (Phi) is 5.56. The van der Waals surface area contributed by atoms with Crippen LogP contribution in [0, 0.1) is 27.9 Å². The SMILES string of the molecule is CC(NC(=O)CCCOc1ccccc1[N+](=O)[O-])C1CC2CCC1C2. The molecular weight excluding hydrogens is 320 g/mol. The molecule has 2 bridgehead atoms. The molecule has 2 saturated carbocycles. The topological polar surface area (TPSA) is 81.5 Å². The van der Waals surface area contributed by atoms with Crippen LogP contribution in [0.25, 0.3) is 0 Å². The van der Waals surface area contributed by atoms with Crippen LogP contribution in [-0.4, -0.2) is 23.5 Å². The van der Waals surface area contributed by atoms with E-state index in [1.807, 2.05) is 0 Å². The van der Waals surface area contributed by atoms with Crippen LogP contribution < -0.4 is 10.1 Å². The Morgan fingerprint density at radius 2 is 2.16 bits per heavy atom. The molecule has 25 heavy (non-hydrogen) atoms. The number of fused-ring (bicyclic) bond motifs is 2. The maximum absolute atomic E-state index is 12.1. The second kappa shape index (κ2) is 7.85. The van der Waals surface area contributed by atoms with Gasteiger partial charge in [-0.2, -0.15) is 0 Å². The van der Waals surface area contributed by atoms with Crippen molar-refractivity contribution in [2.45, 2.75) is 51.5 Å². The number of nitro benzene ring substituents is 1. The van der Waals surface area contributed by atoms with Crippen LogP contribution in [0.5, 0.6) is 5.75 Å². The largest absolute Gasteiger partial charge is 0.487 e. The van der Waals surface area contributed by atoms with Gasteiger partial charge < -0.3 is 10.1 Å². The van der Waals surface area contributed by atoms with Crippen LogP contribution in [0.1, 0.15) is 45.4 Å². The van der Waals surface area contributed by atoms with Gasteiger partial charge in [0.15, 0.2) is 5.75 Å². The van der Waals surface area contributed by atoms with E-state index in [1.165, 1.54) is 31.7 Å². The number of hydrogen-bond acceptors (Lipinski definition) is 4. The Morgan fingerprint density at radius 1 is 1.36 bits per heavy atom. The van der Waals surface area contributed by atoms with E-state index in [4.69, 9.17) is 4.74 Å². The first-order valence-corrected chi connectivity index (χ1v) is 9.20. The Labute approximate surface area is 148 Å². The highest BCUT2D eigenvalue weighted by Crippen LogP contribution is 2.49. The van der Waals surface area contributed by atoms with Crippen LogP contribution in [0.3, 0.4) is 0 Å². The lowest BCUT2D eigenvalue weighted by atomic mass is 9.84. The van der Waals surface area contributed by atoms with Crippen LogP contribution in [0.4, 0.5) is 5.69 Å². The fourth-order valence-electron chi connectivity index (χ4n) is 4.48. The predicted molar refractivity (Wildman–Crippen MR) is 94.4 cm³/mol. The Morgan fingerprint density at radius 3 is 2.84 bits per heavy atom. The maximum Gasteiger partial charge on any atom is 0.310 e. The molecule has 3 rings (SSSR count). The fraction of sp³-hybridized carbons (Fsp3) is 0.632.